The molecule has 0 radical (unpaired) electrons. The summed E-state index contributed by atoms with van der Waals surface area (Å²) in [5.41, 5.74) is 1.43. The van der Waals surface area contributed by atoms with Gasteiger partial charge in [-0.2, -0.15) is 0 Å². The first-order valence-electron chi connectivity index (χ1n) is 13.0. The molecule has 0 unspecified atom stereocenters. The molecule has 1 aromatic rings. The third kappa shape index (κ3) is 5.40. The van der Waals surface area contributed by atoms with Crippen molar-refractivity contribution in [3.05, 3.63) is 18.2 Å². The van der Waals surface area contributed by atoms with Crippen molar-refractivity contribution < 1.29 is 14.3 Å². The minimum absolute atomic E-state index is 0.236. The van der Waals surface area contributed by atoms with Gasteiger partial charge in [-0.15, -0.1) is 0 Å². The van der Waals surface area contributed by atoms with Gasteiger partial charge in [0.1, 0.15) is 0 Å². The highest BCUT2D eigenvalue weighted by molar-refractivity contribution is 5.79. The lowest BCUT2D eigenvalue weighted by molar-refractivity contribution is -0.126. The van der Waals surface area contributed by atoms with Crippen LogP contribution < -0.4 is 25.4 Å². The molecule has 2 aliphatic heterocycles. The number of piperidine rings is 1. The van der Waals surface area contributed by atoms with Crippen LogP contribution in [-0.4, -0.2) is 63.4 Å². The first-order chi connectivity index (χ1) is 16.1. The topological polar surface area (TPSA) is 74.9 Å². The Morgan fingerprint density at radius 3 is 2.73 bits per heavy atom. The maximum atomic E-state index is 12.7. The van der Waals surface area contributed by atoms with E-state index >= 15 is 0 Å². The van der Waals surface area contributed by atoms with E-state index in [1.165, 1.54) is 38.5 Å². The summed E-state index contributed by atoms with van der Waals surface area (Å²) in [4.78, 5) is 15.0. The molecule has 1 spiro atoms. The average molecular weight is 457 g/mol. The van der Waals surface area contributed by atoms with Crippen LogP contribution in [0, 0.1) is 17.3 Å². The van der Waals surface area contributed by atoms with Crippen molar-refractivity contribution in [1.82, 2.24) is 15.5 Å². The molecule has 33 heavy (non-hydrogen) atoms. The molecule has 7 heteroatoms. The van der Waals surface area contributed by atoms with Gasteiger partial charge >= 0.3 is 0 Å². The SMILES string of the molecule is CN1CCC(C(=O)N[C@H]2CC23CCC(CCNCCNc2cccc4c2OCO4)CC3)CC1. The minimum Gasteiger partial charge on any atom is -0.454 e. The summed E-state index contributed by atoms with van der Waals surface area (Å²) < 4.78 is 11.0. The van der Waals surface area contributed by atoms with Crippen molar-refractivity contribution in [3.63, 3.8) is 0 Å². The number of ether oxygens (including phenoxy) is 2. The number of para-hydroxylation sites is 1. The molecular formula is C26H40N4O3. The molecule has 2 heterocycles. The molecule has 1 saturated heterocycles. The van der Waals surface area contributed by atoms with E-state index in [0.29, 0.717) is 24.2 Å². The highest BCUT2D eigenvalue weighted by Crippen LogP contribution is 2.57. The van der Waals surface area contributed by atoms with Gasteiger partial charge in [-0.05, 0) is 102 Å². The van der Waals surface area contributed by atoms with Crippen molar-refractivity contribution in [3.8, 4) is 11.5 Å². The number of nitrogens with one attached hydrogen (secondary N) is 3. The molecule has 7 nitrogen and oxygen atoms in total. The lowest BCUT2D eigenvalue weighted by Crippen LogP contribution is -2.41. The summed E-state index contributed by atoms with van der Waals surface area (Å²) in [6.07, 6.45) is 9.70. The van der Waals surface area contributed by atoms with E-state index in [2.05, 4.69) is 27.9 Å². The second-order valence-corrected chi connectivity index (χ2v) is 10.7. The Hall–Kier alpha value is -1.99. The van der Waals surface area contributed by atoms with Crippen LogP contribution in [0.25, 0.3) is 0 Å². The molecule has 0 aromatic heterocycles. The van der Waals surface area contributed by atoms with Crippen LogP contribution in [0.5, 0.6) is 11.5 Å². The third-order valence-electron chi connectivity index (χ3n) is 8.44. The Morgan fingerprint density at radius 2 is 1.91 bits per heavy atom. The fourth-order valence-electron chi connectivity index (χ4n) is 5.99. The second kappa shape index (κ2) is 10.1. The number of likely N-dealkylation sites (tertiary alicyclic amines) is 1. The fraction of sp³-hybridized carbons (Fsp3) is 0.731. The van der Waals surface area contributed by atoms with Crippen LogP contribution in [0.1, 0.15) is 51.4 Å². The van der Waals surface area contributed by atoms with Crippen LogP contribution in [0.4, 0.5) is 5.69 Å². The summed E-state index contributed by atoms with van der Waals surface area (Å²) in [5, 5.41) is 10.4. The van der Waals surface area contributed by atoms with E-state index in [-0.39, 0.29) is 5.92 Å². The van der Waals surface area contributed by atoms with Crippen LogP contribution in [0.2, 0.25) is 0 Å². The van der Waals surface area contributed by atoms with E-state index in [1.54, 1.807) is 0 Å². The standard InChI is InChI=1S/C26H40N4O3/c1-30-15-8-20(9-16-30)25(31)29-23-17-26(23)10-5-19(6-11-26)7-12-27-13-14-28-21-3-2-4-22-24(21)33-18-32-22/h2-4,19-20,23,27-28H,5-18H2,1H3,(H,29,31)/t19?,23-,26?/m0/s1. The Kier molecular flexibility index (Phi) is 6.97. The molecule has 1 atom stereocenters. The lowest BCUT2D eigenvalue weighted by atomic mass is 9.78. The number of amides is 1. The van der Waals surface area contributed by atoms with Gasteiger partial charge in [0, 0.05) is 25.0 Å². The summed E-state index contributed by atoms with van der Waals surface area (Å²) in [6.45, 7) is 5.29. The van der Waals surface area contributed by atoms with Crippen LogP contribution in [0.15, 0.2) is 18.2 Å². The number of nitrogens with zero attached hydrogens (tertiary/aromatic N) is 1. The molecule has 2 aliphatic carbocycles. The molecule has 2 saturated carbocycles. The lowest BCUT2D eigenvalue weighted by Gasteiger charge is -2.31. The highest BCUT2D eigenvalue weighted by atomic mass is 16.7. The molecule has 1 aromatic carbocycles. The van der Waals surface area contributed by atoms with Gasteiger partial charge in [0.2, 0.25) is 12.7 Å². The monoisotopic (exact) mass is 456 g/mol. The van der Waals surface area contributed by atoms with Crippen molar-refractivity contribution >= 4 is 11.6 Å². The summed E-state index contributed by atoms with van der Waals surface area (Å²) in [7, 11) is 2.15. The van der Waals surface area contributed by atoms with E-state index in [4.69, 9.17) is 9.47 Å². The normalized spacial score (nSPS) is 29.2. The van der Waals surface area contributed by atoms with Gasteiger partial charge in [0.25, 0.3) is 0 Å². The maximum absolute atomic E-state index is 12.7. The molecule has 0 bridgehead atoms. The Morgan fingerprint density at radius 1 is 1.09 bits per heavy atom. The van der Waals surface area contributed by atoms with E-state index < -0.39 is 0 Å². The Bertz CT molecular complexity index is 816. The van der Waals surface area contributed by atoms with E-state index in [0.717, 1.165) is 68.7 Å². The zero-order chi connectivity index (χ0) is 22.7. The molecule has 1 amide bonds. The fourth-order valence-corrected chi connectivity index (χ4v) is 5.99. The predicted molar refractivity (Wildman–Crippen MR) is 130 cm³/mol. The van der Waals surface area contributed by atoms with E-state index in [9.17, 15) is 4.79 Å². The molecule has 182 valence electrons. The molecule has 3 N–H and O–H groups in total. The van der Waals surface area contributed by atoms with Gasteiger partial charge in [-0.1, -0.05) is 6.07 Å². The van der Waals surface area contributed by atoms with Gasteiger partial charge in [-0.3, -0.25) is 4.79 Å². The van der Waals surface area contributed by atoms with Crippen LogP contribution in [0.3, 0.4) is 0 Å². The quantitative estimate of drug-likeness (QED) is 0.496. The molecule has 5 rings (SSSR count). The number of hydrogen-bond donors (Lipinski definition) is 3. The minimum atomic E-state index is 0.236. The number of fused-ring (bicyclic) bond motifs is 1. The number of carbonyl (C=O) groups excluding carboxylic acids is 1. The second-order valence-electron chi connectivity index (χ2n) is 10.7. The summed E-state index contributed by atoms with van der Waals surface area (Å²) in [6, 6.07) is 6.41. The van der Waals surface area contributed by atoms with Crippen LogP contribution in [-0.2, 0) is 4.79 Å². The Labute approximate surface area is 198 Å². The summed E-state index contributed by atoms with van der Waals surface area (Å²) in [5.74, 6) is 3.03. The number of benzene rings is 1. The summed E-state index contributed by atoms with van der Waals surface area (Å²) >= 11 is 0. The van der Waals surface area contributed by atoms with Gasteiger partial charge in [0.05, 0.1) is 5.69 Å². The first kappa shape index (κ1) is 22.8. The number of anilines is 1. The van der Waals surface area contributed by atoms with E-state index in [1.807, 2.05) is 18.2 Å². The number of rotatable bonds is 9. The molecule has 4 aliphatic rings. The number of hydrogen-bond acceptors (Lipinski definition) is 6. The molecule has 3 fully saturated rings. The maximum Gasteiger partial charge on any atom is 0.231 e. The van der Waals surface area contributed by atoms with Gasteiger partial charge < -0.3 is 30.3 Å². The predicted octanol–water partition coefficient (Wildman–Crippen LogP) is 3.21. The third-order valence-corrected chi connectivity index (χ3v) is 8.44. The van der Waals surface area contributed by atoms with Crippen molar-refractivity contribution in [2.45, 2.75) is 57.4 Å². The van der Waals surface area contributed by atoms with Crippen molar-refractivity contribution in [2.75, 3.05) is 51.9 Å². The van der Waals surface area contributed by atoms with Gasteiger partial charge in [0.15, 0.2) is 11.5 Å². The van der Waals surface area contributed by atoms with Crippen LogP contribution >= 0.6 is 0 Å². The average Bonchev–Trinajstić information content (AvgIpc) is 3.24. The van der Waals surface area contributed by atoms with Crippen molar-refractivity contribution in [2.24, 2.45) is 17.3 Å². The van der Waals surface area contributed by atoms with Crippen molar-refractivity contribution in [1.29, 1.82) is 0 Å². The smallest absolute Gasteiger partial charge is 0.231 e. The van der Waals surface area contributed by atoms with Gasteiger partial charge in [-0.25, -0.2) is 0 Å². The number of carbonyl (C=O) groups is 1. The zero-order valence-electron chi connectivity index (χ0n) is 20.0. The Balaban J connectivity index is 0.936. The zero-order valence-corrected chi connectivity index (χ0v) is 20.0. The molecular weight excluding hydrogens is 416 g/mol. The largest absolute Gasteiger partial charge is 0.454 e. The highest BCUT2D eigenvalue weighted by Gasteiger charge is 2.55. The first-order valence-corrected chi connectivity index (χ1v) is 13.0.